The minimum Gasteiger partial charge on any atom is -0.492 e. The number of aryl methyl sites for hydroxylation is 1. The van der Waals surface area contributed by atoms with Crippen LogP contribution in [0.4, 0.5) is 0 Å². The lowest BCUT2D eigenvalue weighted by Crippen LogP contribution is -2.32. The number of halogens is 1. The van der Waals surface area contributed by atoms with Crippen molar-refractivity contribution in [2.75, 3.05) is 6.61 Å². The molecule has 1 atom stereocenters. The summed E-state index contributed by atoms with van der Waals surface area (Å²) in [5, 5.41) is 7.20. The lowest BCUT2D eigenvalue weighted by atomic mass is 10.0. The van der Waals surface area contributed by atoms with E-state index in [1.165, 1.54) is 0 Å². The Bertz CT molecular complexity index is 654. The van der Waals surface area contributed by atoms with Gasteiger partial charge in [-0.05, 0) is 13.0 Å². The van der Waals surface area contributed by atoms with Crippen molar-refractivity contribution in [1.82, 2.24) is 10.5 Å². The van der Waals surface area contributed by atoms with E-state index in [9.17, 15) is 4.79 Å². The van der Waals surface area contributed by atoms with Crippen LogP contribution in [0, 0.1) is 6.92 Å². The molecule has 6 heteroatoms. The molecule has 1 aliphatic rings. The second kappa shape index (κ2) is 5.17. The third-order valence-corrected chi connectivity index (χ3v) is 3.49. The molecule has 0 unspecified atom stereocenters. The third-order valence-electron chi connectivity index (χ3n) is 3.19. The maximum Gasteiger partial charge on any atom is 0.273 e. The number of benzene rings is 1. The molecular weight excluding hydrogens is 280 g/mol. The maximum atomic E-state index is 12.1. The zero-order valence-corrected chi connectivity index (χ0v) is 11.6. The molecule has 0 saturated heterocycles. The van der Waals surface area contributed by atoms with Crippen molar-refractivity contribution in [3.63, 3.8) is 0 Å². The minimum atomic E-state index is -0.264. The van der Waals surface area contributed by atoms with Crippen LogP contribution in [0.3, 0.4) is 0 Å². The monoisotopic (exact) mass is 292 g/mol. The highest BCUT2D eigenvalue weighted by Crippen LogP contribution is 2.37. The van der Waals surface area contributed by atoms with E-state index in [2.05, 4.69) is 10.5 Å². The number of fused-ring (bicyclic) bond motifs is 1. The average Bonchev–Trinajstić information content (AvgIpc) is 2.87. The van der Waals surface area contributed by atoms with Gasteiger partial charge in [-0.25, -0.2) is 0 Å². The van der Waals surface area contributed by atoms with E-state index in [0.29, 0.717) is 29.6 Å². The number of carbonyl (C=O) groups is 1. The van der Waals surface area contributed by atoms with Crippen LogP contribution in [0.5, 0.6) is 5.75 Å². The predicted molar refractivity (Wildman–Crippen MR) is 73.0 cm³/mol. The average molecular weight is 293 g/mol. The molecule has 1 aliphatic heterocycles. The molecule has 1 aromatic carbocycles. The van der Waals surface area contributed by atoms with Gasteiger partial charge in [0.25, 0.3) is 5.91 Å². The fourth-order valence-electron chi connectivity index (χ4n) is 2.24. The Labute approximate surface area is 120 Å². The van der Waals surface area contributed by atoms with Crippen molar-refractivity contribution >= 4 is 17.5 Å². The normalized spacial score (nSPS) is 17.2. The van der Waals surface area contributed by atoms with Crippen molar-refractivity contribution in [3.8, 4) is 5.75 Å². The Morgan fingerprint density at radius 1 is 1.50 bits per heavy atom. The molecule has 0 spiro atoms. The van der Waals surface area contributed by atoms with Gasteiger partial charge in [-0.1, -0.05) is 28.9 Å². The van der Waals surface area contributed by atoms with Crippen molar-refractivity contribution in [3.05, 3.63) is 46.3 Å². The second-order valence-corrected chi connectivity index (χ2v) is 5.05. The number of hydrogen-bond donors (Lipinski definition) is 1. The van der Waals surface area contributed by atoms with Gasteiger partial charge in [0.15, 0.2) is 5.69 Å². The molecule has 0 saturated carbocycles. The number of rotatable bonds is 2. The highest BCUT2D eigenvalue weighted by Gasteiger charge is 2.25. The van der Waals surface area contributed by atoms with E-state index in [-0.39, 0.29) is 17.6 Å². The summed E-state index contributed by atoms with van der Waals surface area (Å²) in [4.78, 5) is 12.1. The predicted octanol–water partition coefficient (Wildman–Crippen LogP) is 2.89. The van der Waals surface area contributed by atoms with Gasteiger partial charge in [0.2, 0.25) is 0 Å². The van der Waals surface area contributed by atoms with Gasteiger partial charge < -0.3 is 14.6 Å². The van der Waals surface area contributed by atoms with E-state index in [1.54, 1.807) is 19.1 Å². The van der Waals surface area contributed by atoms with Gasteiger partial charge in [0.1, 0.15) is 11.5 Å². The van der Waals surface area contributed by atoms with Crippen LogP contribution < -0.4 is 10.1 Å². The molecule has 0 radical (unpaired) electrons. The zero-order chi connectivity index (χ0) is 14.1. The summed E-state index contributed by atoms with van der Waals surface area (Å²) in [5.41, 5.74) is 1.16. The third kappa shape index (κ3) is 2.36. The summed E-state index contributed by atoms with van der Waals surface area (Å²) >= 11 is 6.10. The molecule has 0 aliphatic carbocycles. The number of hydrogen-bond acceptors (Lipinski definition) is 4. The number of carbonyl (C=O) groups excluding carboxylic acids is 1. The van der Waals surface area contributed by atoms with Crippen molar-refractivity contribution in [2.45, 2.75) is 19.4 Å². The van der Waals surface area contributed by atoms with Crippen LogP contribution in [-0.2, 0) is 0 Å². The summed E-state index contributed by atoms with van der Waals surface area (Å²) < 4.78 is 10.5. The minimum absolute atomic E-state index is 0.137. The Kier molecular flexibility index (Phi) is 3.36. The highest BCUT2D eigenvalue weighted by atomic mass is 35.5. The lowest BCUT2D eigenvalue weighted by molar-refractivity contribution is 0.0915. The number of ether oxygens (including phenoxy) is 1. The number of nitrogens with zero attached hydrogens (tertiary/aromatic N) is 1. The first kappa shape index (κ1) is 13.0. The van der Waals surface area contributed by atoms with Gasteiger partial charge in [-0.2, -0.15) is 0 Å². The standard InChI is InChI=1S/C14H13ClN2O3/c1-8-7-12(17-20-8)14(18)16-11-5-6-19-13-9(11)3-2-4-10(13)15/h2-4,7,11H,5-6H2,1H3,(H,16,18)/t11-/m0/s1. The fourth-order valence-corrected chi connectivity index (χ4v) is 2.48. The first-order valence-electron chi connectivity index (χ1n) is 6.30. The largest absolute Gasteiger partial charge is 0.492 e. The summed E-state index contributed by atoms with van der Waals surface area (Å²) in [6, 6.07) is 6.98. The van der Waals surface area contributed by atoms with Gasteiger partial charge in [-0.3, -0.25) is 4.79 Å². The van der Waals surface area contributed by atoms with Gasteiger partial charge >= 0.3 is 0 Å². The SMILES string of the molecule is Cc1cc(C(=O)N[C@H]2CCOc3c(Cl)cccc32)no1. The molecule has 2 aromatic rings. The van der Waals surface area contributed by atoms with Crippen LogP contribution in [0.15, 0.2) is 28.8 Å². The molecule has 5 nitrogen and oxygen atoms in total. The number of nitrogens with one attached hydrogen (secondary N) is 1. The maximum absolute atomic E-state index is 12.1. The fraction of sp³-hybridized carbons (Fsp3) is 0.286. The van der Waals surface area contributed by atoms with Crippen LogP contribution in [0.1, 0.15) is 34.3 Å². The summed E-state index contributed by atoms with van der Waals surface area (Å²) in [7, 11) is 0. The number of para-hydroxylation sites is 1. The van der Waals surface area contributed by atoms with Crippen molar-refractivity contribution < 1.29 is 14.1 Å². The first-order valence-corrected chi connectivity index (χ1v) is 6.68. The second-order valence-electron chi connectivity index (χ2n) is 4.64. The first-order chi connectivity index (χ1) is 9.65. The molecule has 1 amide bonds. The molecule has 0 fully saturated rings. The van der Waals surface area contributed by atoms with Crippen molar-refractivity contribution in [1.29, 1.82) is 0 Å². The van der Waals surface area contributed by atoms with Gasteiger partial charge in [0.05, 0.1) is 17.7 Å². The zero-order valence-electron chi connectivity index (χ0n) is 10.9. The Balaban J connectivity index is 1.83. The molecule has 104 valence electrons. The quantitative estimate of drug-likeness (QED) is 0.924. The van der Waals surface area contributed by atoms with Gasteiger partial charge in [0, 0.05) is 18.1 Å². The van der Waals surface area contributed by atoms with Crippen LogP contribution in [-0.4, -0.2) is 17.7 Å². The molecule has 1 aromatic heterocycles. The number of aromatic nitrogens is 1. The summed E-state index contributed by atoms with van der Waals surface area (Å²) in [5.74, 6) is 0.979. The van der Waals surface area contributed by atoms with Gasteiger partial charge in [-0.15, -0.1) is 0 Å². The van der Waals surface area contributed by atoms with Crippen molar-refractivity contribution in [2.24, 2.45) is 0 Å². The smallest absolute Gasteiger partial charge is 0.273 e. The molecule has 3 rings (SSSR count). The van der Waals surface area contributed by atoms with E-state index in [0.717, 1.165) is 5.56 Å². The molecule has 2 heterocycles. The number of amides is 1. The Morgan fingerprint density at radius 3 is 3.10 bits per heavy atom. The molecular formula is C14H13ClN2O3. The molecule has 1 N–H and O–H groups in total. The molecule has 0 bridgehead atoms. The van der Waals surface area contributed by atoms with E-state index < -0.39 is 0 Å². The Hall–Kier alpha value is -2.01. The van der Waals surface area contributed by atoms with Crippen LogP contribution >= 0.6 is 11.6 Å². The molecule has 20 heavy (non-hydrogen) atoms. The highest BCUT2D eigenvalue weighted by molar-refractivity contribution is 6.32. The van der Waals surface area contributed by atoms with Crippen LogP contribution in [0.25, 0.3) is 0 Å². The van der Waals surface area contributed by atoms with E-state index in [1.807, 2.05) is 12.1 Å². The van der Waals surface area contributed by atoms with Crippen LogP contribution in [0.2, 0.25) is 5.02 Å². The topological polar surface area (TPSA) is 64.4 Å². The lowest BCUT2D eigenvalue weighted by Gasteiger charge is -2.27. The summed E-state index contributed by atoms with van der Waals surface area (Å²) in [6.07, 6.45) is 0.690. The summed E-state index contributed by atoms with van der Waals surface area (Å²) in [6.45, 7) is 2.26. The Morgan fingerprint density at radius 2 is 2.35 bits per heavy atom. The van der Waals surface area contributed by atoms with E-state index in [4.69, 9.17) is 20.9 Å². The van der Waals surface area contributed by atoms with E-state index >= 15 is 0 Å².